The summed E-state index contributed by atoms with van der Waals surface area (Å²) in [7, 11) is -3.61. The molecule has 3 aromatic carbocycles. The Hall–Kier alpha value is -3.07. The molecule has 0 aromatic heterocycles. The van der Waals surface area contributed by atoms with Gasteiger partial charge in [0.25, 0.3) is 0 Å². The van der Waals surface area contributed by atoms with Crippen molar-refractivity contribution >= 4 is 50.7 Å². The Morgan fingerprint density at radius 3 is 2.07 bits per heavy atom. The number of hydrogen-bond acceptors (Lipinski definition) is 4. The molecule has 0 aliphatic rings. The van der Waals surface area contributed by atoms with Crippen LogP contribution >= 0.6 is 23.2 Å². The number of anilines is 1. The molecule has 0 bridgehead atoms. The molecule has 232 valence electrons. The lowest BCUT2D eigenvalue weighted by atomic mass is 10.0. The molecule has 0 heterocycles. The molecule has 3 rings (SSSR count). The summed E-state index contributed by atoms with van der Waals surface area (Å²) in [5.41, 5.74) is 3.88. The van der Waals surface area contributed by atoms with E-state index in [1.54, 1.807) is 18.2 Å². The van der Waals surface area contributed by atoms with E-state index in [0.717, 1.165) is 22.9 Å². The average molecular weight is 647 g/mol. The second kappa shape index (κ2) is 15.6. The standard InChI is InChI=1S/C33H41Cl2N3O4S/c1-23(2)21-36-33(40)31(20-26-11-7-6-8-12-26)37(22-28-29(34)13-9-14-30(28)35)32(39)15-10-16-38(43(5,41)42)27-18-24(3)17-25(4)19-27/h6-9,11-14,17-19,23,31H,10,15-16,20-22H2,1-5H3,(H,36,40)/t31-/m1/s1. The van der Waals surface area contributed by atoms with Crippen molar-refractivity contribution in [1.82, 2.24) is 10.2 Å². The minimum atomic E-state index is -3.61. The molecule has 10 heteroatoms. The molecular weight excluding hydrogens is 605 g/mol. The van der Waals surface area contributed by atoms with E-state index in [-0.39, 0.29) is 50.1 Å². The van der Waals surface area contributed by atoms with Crippen LogP contribution in [0.1, 0.15) is 48.9 Å². The summed E-state index contributed by atoms with van der Waals surface area (Å²) in [4.78, 5) is 29.2. The third-order valence-electron chi connectivity index (χ3n) is 6.99. The summed E-state index contributed by atoms with van der Waals surface area (Å²) in [6.45, 7) is 8.42. The fourth-order valence-electron chi connectivity index (χ4n) is 4.93. The molecule has 1 atom stereocenters. The van der Waals surface area contributed by atoms with Crippen molar-refractivity contribution in [2.75, 3.05) is 23.7 Å². The number of sulfonamides is 1. The zero-order chi connectivity index (χ0) is 31.7. The van der Waals surface area contributed by atoms with Crippen LogP contribution in [-0.2, 0) is 32.6 Å². The van der Waals surface area contributed by atoms with Gasteiger partial charge in [0, 0.05) is 48.1 Å². The molecule has 7 nitrogen and oxygen atoms in total. The number of halogens is 2. The van der Waals surface area contributed by atoms with Crippen LogP contribution in [0.3, 0.4) is 0 Å². The number of amides is 2. The maximum Gasteiger partial charge on any atom is 0.243 e. The predicted octanol–water partition coefficient (Wildman–Crippen LogP) is 6.57. The summed E-state index contributed by atoms with van der Waals surface area (Å²) < 4.78 is 26.8. The highest BCUT2D eigenvalue weighted by Gasteiger charge is 2.31. The quantitative estimate of drug-likeness (QED) is 0.215. The number of rotatable bonds is 14. The molecule has 0 unspecified atom stereocenters. The van der Waals surface area contributed by atoms with Gasteiger partial charge >= 0.3 is 0 Å². The maximum atomic E-state index is 14.0. The molecule has 0 spiro atoms. The van der Waals surface area contributed by atoms with Gasteiger partial charge < -0.3 is 10.2 Å². The third-order valence-corrected chi connectivity index (χ3v) is 8.89. The molecule has 0 saturated carbocycles. The fraction of sp³-hybridized carbons (Fsp3) is 0.394. The van der Waals surface area contributed by atoms with Crippen molar-refractivity contribution in [3.05, 3.63) is 99.0 Å². The Morgan fingerprint density at radius 2 is 1.51 bits per heavy atom. The summed E-state index contributed by atoms with van der Waals surface area (Å²) >= 11 is 13.0. The van der Waals surface area contributed by atoms with Gasteiger partial charge in [0.05, 0.1) is 11.9 Å². The van der Waals surface area contributed by atoms with Gasteiger partial charge in [-0.3, -0.25) is 13.9 Å². The topological polar surface area (TPSA) is 86.8 Å². The minimum absolute atomic E-state index is 0.0155. The van der Waals surface area contributed by atoms with Crippen LogP contribution in [0.15, 0.2) is 66.7 Å². The van der Waals surface area contributed by atoms with Crippen molar-refractivity contribution in [1.29, 1.82) is 0 Å². The average Bonchev–Trinajstić information content (AvgIpc) is 2.92. The van der Waals surface area contributed by atoms with Gasteiger partial charge in [-0.15, -0.1) is 0 Å². The first kappa shape index (κ1) is 34.4. The first-order valence-electron chi connectivity index (χ1n) is 14.4. The van der Waals surface area contributed by atoms with E-state index in [2.05, 4.69) is 5.32 Å². The third kappa shape index (κ3) is 10.3. The van der Waals surface area contributed by atoms with Crippen molar-refractivity contribution in [3.63, 3.8) is 0 Å². The number of nitrogens with one attached hydrogen (secondary N) is 1. The van der Waals surface area contributed by atoms with Gasteiger partial charge in [-0.2, -0.15) is 0 Å². The smallest absolute Gasteiger partial charge is 0.243 e. The molecule has 1 N–H and O–H groups in total. The number of benzene rings is 3. The number of aryl methyl sites for hydroxylation is 2. The highest BCUT2D eigenvalue weighted by molar-refractivity contribution is 7.92. The molecule has 43 heavy (non-hydrogen) atoms. The van der Waals surface area contributed by atoms with Crippen molar-refractivity contribution in [3.8, 4) is 0 Å². The number of carbonyl (C=O) groups excluding carboxylic acids is 2. The van der Waals surface area contributed by atoms with E-state index >= 15 is 0 Å². The van der Waals surface area contributed by atoms with E-state index in [1.165, 1.54) is 9.21 Å². The summed E-state index contributed by atoms with van der Waals surface area (Å²) in [5.74, 6) is -0.358. The summed E-state index contributed by atoms with van der Waals surface area (Å²) in [5, 5.41) is 3.78. The lowest BCUT2D eigenvalue weighted by molar-refractivity contribution is -0.141. The minimum Gasteiger partial charge on any atom is -0.354 e. The normalized spacial score (nSPS) is 12.2. The predicted molar refractivity (Wildman–Crippen MR) is 176 cm³/mol. The fourth-order valence-corrected chi connectivity index (χ4v) is 6.39. The van der Waals surface area contributed by atoms with E-state index < -0.39 is 16.1 Å². The molecule has 0 fully saturated rings. The van der Waals surface area contributed by atoms with Gasteiger partial charge in [-0.05, 0) is 67.1 Å². The van der Waals surface area contributed by atoms with Gasteiger partial charge in [-0.1, -0.05) is 79.5 Å². The Morgan fingerprint density at radius 1 is 0.907 bits per heavy atom. The second-order valence-corrected chi connectivity index (χ2v) is 14.1. The van der Waals surface area contributed by atoms with Crippen LogP contribution in [0.4, 0.5) is 5.69 Å². The molecule has 0 radical (unpaired) electrons. The molecule has 0 aliphatic heterocycles. The Balaban J connectivity index is 1.94. The largest absolute Gasteiger partial charge is 0.354 e. The van der Waals surface area contributed by atoms with Gasteiger partial charge in [0.15, 0.2) is 0 Å². The highest BCUT2D eigenvalue weighted by Crippen LogP contribution is 2.28. The van der Waals surface area contributed by atoms with Crippen LogP contribution in [-0.4, -0.2) is 50.5 Å². The second-order valence-electron chi connectivity index (χ2n) is 11.4. The maximum absolute atomic E-state index is 14.0. The summed E-state index contributed by atoms with van der Waals surface area (Å²) in [6.07, 6.45) is 1.71. The van der Waals surface area contributed by atoms with Crippen LogP contribution in [0.5, 0.6) is 0 Å². The van der Waals surface area contributed by atoms with Gasteiger partial charge in [-0.25, -0.2) is 8.42 Å². The first-order chi connectivity index (χ1) is 20.3. The monoisotopic (exact) mass is 645 g/mol. The lowest BCUT2D eigenvalue weighted by Gasteiger charge is -2.32. The highest BCUT2D eigenvalue weighted by atomic mass is 35.5. The number of hydrogen-bond donors (Lipinski definition) is 1. The van der Waals surface area contributed by atoms with Crippen LogP contribution in [0.2, 0.25) is 10.0 Å². The zero-order valence-electron chi connectivity index (χ0n) is 25.4. The van der Waals surface area contributed by atoms with E-state index in [1.807, 2.05) is 76.2 Å². The van der Waals surface area contributed by atoms with Gasteiger partial charge in [0.1, 0.15) is 6.04 Å². The lowest BCUT2D eigenvalue weighted by Crippen LogP contribution is -2.51. The first-order valence-corrected chi connectivity index (χ1v) is 17.0. The SMILES string of the molecule is Cc1cc(C)cc(N(CCCC(=O)N(Cc2c(Cl)cccc2Cl)[C@H](Cc2ccccc2)C(=O)NCC(C)C)S(C)(=O)=O)c1. The molecular formula is C33H41Cl2N3O4S. The Bertz CT molecular complexity index is 1470. The van der Waals surface area contributed by atoms with Crippen molar-refractivity contribution in [2.24, 2.45) is 5.92 Å². The Labute approximate surface area is 266 Å². The van der Waals surface area contributed by atoms with Gasteiger partial charge in [0.2, 0.25) is 21.8 Å². The van der Waals surface area contributed by atoms with Crippen LogP contribution < -0.4 is 9.62 Å². The van der Waals surface area contributed by atoms with Crippen molar-refractivity contribution < 1.29 is 18.0 Å². The van der Waals surface area contributed by atoms with E-state index in [0.29, 0.717) is 27.8 Å². The molecule has 0 saturated heterocycles. The number of nitrogens with zero attached hydrogens (tertiary/aromatic N) is 2. The van der Waals surface area contributed by atoms with Crippen molar-refractivity contribution in [2.45, 2.75) is 59.5 Å². The zero-order valence-corrected chi connectivity index (χ0v) is 27.8. The summed E-state index contributed by atoms with van der Waals surface area (Å²) in [6, 6.07) is 19.4. The Kier molecular flexibility index (Phi) is 12.5. The molecule has 0 aliphatic carbocycles. The van der Waals surface area contributed by atoms with E-state index in [4.69, 9.17) is 23.2 Å². The van der Waals surface area contributed by atoms with E-state index in [9.17, 15) is 18.0 Å². The molecule has 3 aromatic rings. The van der Waals surface area contributed by atoms with Crippen LogP contribution in [0.25, 0.3) is 0 Å². The van der Waals surface area contributed by atoms with Crippen LogP contribution in [0, 0.1) is 19.8 Å². The number of carbonyl (C=O) groups is 2. The molecule has 2 amide bonds.